The van der Waals surface area contributed by atoms with Crippen LogP contribution in [0.1, 0.15) is 12.8 Å². The standard InChI is InChI=1S/C12H15BrN2O3S/c1-15(8-12(16)14-10-5-6-10)19(17,18)11-4-2-3-9(13)7-11/h2-4,7,10H,5-6,8H2,1H3,(H,14,16). The van der Waals surface area contributed by atoms with Crippen molar-refractivity contribution in [3.8, 4) is 0 Å². The quantitative estimate of drug-likeness (QED) is 0.874. The number of nitrogens with zero attached hydrogens (tertiary/aromatic N) is 1. The Morgan fingerprint density at radius 1 is 1.47 bits per heavy atom. The van der Waals surface area contributed by atoms with E-state index in [1.807, 2.05) is 0 Å². The van der Waals surface area contributed by atoms with Crippen LogP contribution in [-0.2, 0) is 14.8 Å². The fourth-order valence-corrected chi connectivity index (χ4v) is 3.32. The third-order valence-corrected chi connectivity index (χ3v) is 5.11. The molecule has 7 heteroatoms. The van der Waals surface area contributed by atoms with E-state index < -0.39 is 10.0 Å². The van der Waals surface area contributed by atoms with Crippen LogP contribution in [0.5, 0.6) is 0 Å². The Hall–Kier alpha value is -0.920. The number of halogens is 1. The number of hydrogen-bond donors (Lipinski definition) is 1. The number of sulfonamides is 1. The highest BCUT2D eigenvalue weighted by molar-refractivity contribution is 9.10. The van der Waals surface area contributed by atoms with Crippen molar-refractivity contribution in [2.24, 2.45) is 0 Å². The molecule has 0 bridgehead atoms. The lowest BCUT2D eigenvalue weighted by molar-refractivity contribution is -0.121. The maximum atomic E-state index is 12.2. The van der Waals surface area contributed by atoms with Crippen LogP contribution in [0.15, 0.2) is 33.6 Å². The van der Waals surface area contributed by atoms with Crippen molar-refractivity contribution < 1.29 is 13.2 Å². The molecule has 0 saturated heterocycles. The summed E-state index contributed by atoms with van der Waals surface area (Å²) in [6, 6.07) is 6.66. The van der Waals surface area contributed by atoms with Crippen molar-refractivity contribution >= 4 is 31.9 Å². The number of benzene rings is 1. The van der Waals surface area contributed by atoms with Gasteiger partial charge in [-0.25, -0.2) is 8.42 Å². The second-order valence-electron chi connectivity index (χ2n) is 4.56. The summed E-state index contributed by atoms with van der Waals surface area (Å²) in [5, 5.41) is 2.77. The zero-order valence-electron chi connectivity index (χ0n) is 10.5. The normalized spacial score (nSPS) is 15.5. The summed E-state index contributed by atoms with van der Waals surface area (Å²) in [5.41, 5.74) is 0. The van der Waals surface area contributed by atoms with Crippen molar-refractivity contribution in [3.63, 3.8) is 0 Å². The van der Waals surface area contributed by atoms with Gasteiger partial charge in [0, 0.05) is 17.6 Å². The molecule has 0 aliphatic heterocycles. The van der Waals surface area contributed by atoms with Gasteiger partial charge in [0.05, 0.1) is 11.4 Å². The SMILES string of the molecule is CN(CC(=O)NC1CC1)S(=O)(=O)c1cccc(Br)c1. The van der Waals surface area contributed by atoms with Crippen LogP contribution in [0.4, 0.5) is 0 Å². The maximum Gasteiger partial charge on any atom is 0.243 e. The predicted molar refractivity (Wildman–Crippen MR) is 75.1 cm³/mol. The first-order chi connectivity index (χ1) is 8.89. The highest BCUT2D eigenvalue weighted by atomic mass is 79.9. The van der Waals surface area contributed by atoms with Crippen molar-refractivity contribution in [2.45, 2.75) is 23.8 Å². The number of hydrogen-bond acceptors (Lipinski definition) is 3. The molecule has 1 amide bonds. The number of nitrogens with one attached hydrogen (secondary N) is 1. The van der Waals surface area contributed by atoms with Crippen LogP contribution >= 0.6 is 15.9 Å². The highest BCUT2D eigenvalue weighted by Crippen LogP contribution is 2.20. The minimum Gasteiger partial charge on any atom is -0.352 e. The van der Waals surface area contributed by atoms with E-state index in [4.69, 9.17) is 0 Å². The monoisotopic (exact) mass is 346 g/mol. The minimum absolute atomic E-state index is 0.161. The van der Waals surface area contributed by atoms with Gasteiger partial charge in [0.1, 0.15) is 0 Å². The molecule has 1 fully saturated rings. The van der Waals surface area contributed by atoms with E-state index in [9.17, 15) is 13.2 Å². The van der Waals surface area contributed by atoms with Gasteiger partial charge in [-0.2, -0.15) is 4.31 Å². The number of carbonyl (C=O) groups is 1. The molecule has 0 atom stereocenters. The largest absolute Gasteiger partial charge is 0.352 e. The molecule has 1 aromatic rings. The zero-order chi connectivity index (χ0) is 14.0. The van der Waals surface area contributed by atoms with Crippen LogP contribution < -0.4 is 5.32 Å². The topological polar surface area (TPSA) is 66.5 Å². The van der Waals surface area contributed by atoms with Gasteiger partial charge in [0.2, 0.25) is 15.9 Å². The number of likely N-dealkylation sites (N-methyl/N-ethyl adjacent to an activating group) is 1. The van der Waals surface area contributed by atoms with Gasteiger partial charge in [-0.3, -0.25) is 4.79 Å². The van der Waals surface area contributed by atoms with Gasteiger partial charge in [-0.05, 0) is 31.0 Å². The third-order valence-electron chi connectivity index (χ3n) is 2.81. The van der Waals surface area contributed by atoms with Crippen molar-refractivity contribution in [1.29, 1.82) is 0 Å². The molecule has 1 aliphatic rings. The van der Waals surface area contributed by atoms with E-state index in [-0.39, 0.29) is 23.4 Å². The van der Waals surface area contributed by atoms with Crippen LogP contribution in [0.25, 0.3) is 0 Å². The van der Waals surface area contributed by atoms with Gasteiger partial charge in [0.25, 0.3) is 0 Å². The van der Waals surface area contributed by atoms with E-state index >= 15 is 0 Å². The summed E-state index contributed by atoms with van der Waals surface area (Å²) < 4.78 is 26.2. The Bertz CT molecular complexity index is 584. The van der Waals surface area contributed by atoms with E-state index in [0.29, 0.717) is 4.47 Å². The van der Waals surface area contributed by atoms with E-state index in [0.717, 1.165) is 17.1 Å². The molecular weight excluding hydrogens is 332 g/mol. The molecule has 2 rings (SSSR count). The van der Waals surface area contributed by atoms with E-state index in [1.54, 1.807) is 12.1 Å². The fourth-order valence-electron chi connectivity index (χ4n) is 1.60. The Labute approximate surface area is 121 Å². The first kappa shape index (κ1) is 14.5. The molecule has 0 aromatic heterocycles. The smallest absolute Gasteiger partial charge is 0.243 e. The lowest BCUT2D eigenvalue weighted by atomic mass is 10.4. The van der Waals surface area contributed by atoms with Crippen LogP contribution in [0, 0.1) is 0 Å². The predicted octanol–water partition coefficient (Wildman–Crippen LogP) is 1.35. The van der Waals surface area contributed by atoms with Gasteiger partial charge in [-0.1, -0.05) is 22.0 Å². The molecule has 1 aliphatic carbocycles. The third kappa shape index (κ3) is 3.77. The van der Waals surface area contributed by atoms with Crippen molar-refractivity contribution in [1.82, 2.24) is 9.62 Å². The number of amides is 1. The zero-order valence-corrected chi connectivity index (χ0v) is 12.9. The second kappa shape index (κ2) is 5.60. The first-order valence-electron chi connectivity index (χ1n) is 5.91. The van der Waals surface area contributed by atoms with Gasteiger partial charge in [0.15, 0.2) is 0 Å². The second-order valence-corrected chi connectivity index (χ2v) is 7.52. The Morgan fingerprint density at radius 3 is 2.74 bits per heavy atom. The molecule has 104 valence electrons. The minimum atomic E-state index is -3.63. The lowest BCUT2D eigenvalue weighted by Gasteiger charge is -2.17. The number of carbonyl (C=O) groups excluding carboxylic acids is 1. The summed E-state index contributed by atoms with van der Waals surface area (Å²) in [7, 11) is -2.22. The van der Waals surface area contributed by atoms with Gasteiger partial charge in [-0.15, -0.1) is 0 Å². The van der Waals surface area contributed by atoms with E-state index in [2.05, 4.69) is 21.2 Å². The molecule has 1 saturated carbocycles. The molecule has 1 N–H and O–H groups in total. The van der Waals surface area contributed by atoms with Crippen LogP contribution in [0.3, 0.4) is 0 Å². The molecule has 19 heavy (non-hydrogen) atoms. The summed E-state index contributed by atoms with van der Waals surface area (Å²) >= 11 is 3.23. The van der Waals surface area contributed by atoms with Crippen LogP contribution in [-0.4, -0.2) is 38.3 Å². The molecule has 5 nitrogen and oxygen atoms in total. The summed E-state index contributed by atoms with van der Waals surface area (Å²) in [5.74, 6) is -0.261. The first-order valence-corrected chi connectivity index (χ1v) is 8.14. The average Bonchev–Trinajstić information content (AvgIpc) is 3.12. The molecular formula is C12H15BrN2O3S. The van der Waals surface area contributed by atoms with Gasteiger partial charge >= 0.3 is 0 Å². The fraction of sp³-hybridized carbons (Fsp3) is 0.417. The molecule has 0 spiro atoms. The number of rotatable bonds is 5. The summed E-state index contributed by atoms with van der Waals surface area (Å²) in [4.78, 5) is 11.8. The van der Waals surface area contributed by atoms with Crippen molar-refractivity contribution in [3.05, 3.63) is 28.7 Å². The molecule has 1 aromatic carbocycles. The molecule has 0 heterocycles. The van der Waals surface area contributed by atoms with Crippen LogP contribution in [0.2, 0.25) is 0 Å². The van der Waals surface area contributed by atoms with Crippen molar-refractivity contribution in [2.75, 3.05) is 13.6 Å². The lowest BCUT2D eigenvalue weighted by Crippen LogP contribution is -2.39. The Morgan fingerprint density at radius 2 is 2.16 bits per heavy atom. The Kier molecular flexibility index (Phi) is 4.27. The molecule has 0 unspecified atom stereocenters. The summed E-state index contributed by atoms with van der Waals surface area (Å²) in [6.07, 6.45) is 1.96. The Balaban J connectivity index is 2.07. The highest BCUT2D eigenvalue weighted by Gasteiger charge is 2.27. The maximum absolute atomic E-state index is 12.2. The van der Waals surface area contributed by atoms with Gasteiger partial charge < -0.3 is 5.32 Å². The summed E-state index contributed by atoms with van der Waals surface area (Å²) in [6.45, 7) is -0.161. The van der Waals surface area contributed by atoms with E-state index in [1.165, 1.54) is 19.2 Å². The average molecular weight is 347 g/mol. The molecule has 0 radical (unpaired) electrons.